The molecule has 0 amide bonds. The normalized spacial score (nSPS) is 27.5. The van der Waals surface area contributed by atoms with E-state index in [0.29, 0.717) is 30.8 Å². The van der Waals surface area contributed by atoms with Crippen molar-refractivity contribution in [2.75, 3.05) is 13.6 Å². The Balaban J connectivity index is 1.70. The summed E-state index contributed by atoms with van der Waals surface area (Å²) in [5, 5.41) is 0. The number of ether oxygens (including phenoxy) is 1. The van der Waals surface area contributed by atoms with Crippen molar-refractivity contribution in [1.82, 2.24) is 4.90 Å². The number of nitrogens with zero attached hydrogens (tertiary/aromatic N) is 1. The van der Waals surface area contributed by atoms with Crippen LogP contribution in [-0.2, 0) is 23.2 Å². The predicted octanol–water partition coefficient (Wildman–Crippen LogP) is 5.16. The molecule has 1 saturated carbocycles. The third-order valence-corrected chi connectivity index (χ3v) is 7.39. The number of piperidine rings is 1. The average Bonchev–Trinajstić information content (AvgIpc) is 2.75. The lowest BCUT2D eigenvalue weighted by atomic mass is 9.56. The lowest BCUT2D eigenvalue weighted by Gasteiger charge is -2.54. The molecule has 3 nitrogen and oxygen atoms in total. The molecule has 154 valence electrons. The maximum atomic E-state index is 12.6. The van der Waals surface area contributed by atoms with E-state index in [-0.39, 0.29) is 5.41 Å². The van der Waals surface area contributed by atoms with Gasteiger partial charge in [-0.25, -0.2) is 0 Å². The van der Waals surface area contributed by atoms with Crippen LogP contribution in [0.15, 0.2) is 48.5 Å². The summed E-state index contributed by atoms with van der Waals surface area (Å²) in [6.07, 6.45) is 4.46. The van der Waals surface area contributed by atoms with Crippen molar-refractivity contribution in [2.45, 2.75) is 64.0 Å². The van der Waals surface area contributed by atoms with Crippen LogP contribution in [0, 0.1) is 5.92 Å². The Hall–Kier alpha value is -2.13. The molecule has 1 aliphatic carbocycles. The van der Waals surface area contributed by atoms with Crippen LogP contribution in [0.5, 0.6) is 5.75 Å². The molecule has 29 heavy (non-hydrogen) atoms. The minimum absolute atomic E-state index is 0.0429. The zero-order chi connectivity index (χ0) is 20.4. The minimum atomic E-state index is -0.0429. The van der Waals surface area contributed by atoms with Gasteiger partial charge in [-0.05, 0) is 74.5 Å². The third kappa shape index (κ3) is 3.85. The highest BCUT2D eigenvalue weighted by Gasteiger charge is 2.51. The topological polar surface area (TPSA) is 29.5 Å². The highest BCUT2D eigenvalue weighted by Crippen LogP contribution is 2.51. The second-order valence-electron chi connectivity index (χ2n) is 8.93. The summed E-state index contributed by atoms with van der Waals surface area (Å²) < 4.78 is 6.18. The fourth-order valence-corrected chi connectivity index (χ4v) is 5.62. The molecule has 0 radical (unpaired) electrons. The molecule has 4 rings (SSSR count). The molecular formula is C26H33NO2. The van der Waals surface area contributed by atoms with E-state index in [9.17, 15) is 4.79 Å². The first kappa shape index (κ1) is 20.2. The standard InChI is InChI=1S/C26H33NO2/c1-4-21-10-12-23(29-18-20-8-6-5-7-9-20)16-25(21)26-14-15-27(3)19(2)24(26)13-11-22(28)17-26/h5-10,12,16,19,24H,4,11,13-15,17-18H2,1-3H3. The van der Waals surface area contributed by atoms with Crippen molar-refractivity contribution in [3.63, 3.8) is 0 Å². The van der Waals surface area contributed by atoms with Crippen LogP contribution in [0.2, 0.25) is 0 Å². The van der Waals surface area contributed by atoms with Crippen molar-refractivity contribution in [1.29, 1.82) is 0 Å². The van der Waals surface area contributed by atoms with E-state index in [0.717, 1.165) is 38.0 Å². The fourth-order valence-electron chi connectivity index (χ4n) is 5.62. The lowest BCUT2D eigenvalue weighted by Crippen LogP contribution is -2.56. The van der Waals surface area contributed by atoms with Gasteiger partial charge in [-0.3, -0.25) is 4.79 Å². The van der Waals surface area contributed by atoms with Gasteiger partial charge in [0.15, 0.2) is 0 Å². The molecule has 1 saturated heterocycles. The van der Waals surface area contributed by atoms with Crippen molar-refractivity contribution in [2.24, 2.45) is 5.92 Å². The Kier molecular flexibility index (Phi) is 5.78. The Morgan fingerprint density at radius 1 is 1.17 bits per heavy atom. The summed E-state index contributed by atoms with van der Waals surface area (Å²) in [5.41, 5.74) is 3.86. The van der Waals surface area contributed by atoms with Crippen LogP contribution < -0.4 is 4.74 Å². The second-order valence-corrected chi connectivity index (χ2v) is 8.93. The van der Waals surface area contributed by atoms with E-state index in [1.807, 2.05) is 18.2 Å². The highest BCUT2D eigenvalue weighted by molar-refractivity contribution is 5.81. The van der Waals surface area contributed by atoms with Crippen LogP contribution in [0.1, 0.15) is 56.2 Å². The Labute approximate surface area is 175 Å². The maximum Gasteiger partial charge on any atom is 0.133 e. The van der Waals surface area contributed by atoms with Gasteiger partial charge in [0, 0.05) is 24.3 Å². The van der Waals surface area contributed by atoms with Gasteiger partial charge in [0.1, 0.15) is 18.1 Å². The zero-order valence-electron chi connectivity index (χ0n) is 18.0. The molecule has 2 fully saturated rings. The summed E-state index contributed by atoms with van der Waals surface area (Å²) in [6.45, 7) is 6.18. The molecule has 1 aliphatic heterocycles. The Bertz CT molecular complexity index is 862. The molecule has 0 N–H and O–H groups in total. The lowest BCUT2D eigenvalue weighted by molar-refractivity contribution is -0.126. The molecule has 0 bridgehead atoms. The first-order valence-electron chi connectivity index (χ1n) is 11.1. The Morgan fingerprint density at radius 3 is 2.72 bits per heavy atom. The number of fused-ring (bicyclic) bond motifs is 1. The number of benzene rings is 2. The van der Waals surface area contributed by atoms with E-state index in [1.165, 1.54) is 16.7 Å². The summed E-state index contributed by atoms with van der Waals surface area (Å²) in [7, 11) is 2.23. The molecule has 2 aliphatic rings. The van der Waals surface area contributed by atoms with Gasteiger partial charge in [0.25, 0.3) is 0 Å². The van der Waals surface area contributed by atoms with Gasteiger partial charge in [0.05, 0.1) is 0 Å². The number of hydrogen-bond donors (Lipinski definition) is 0. The van der Waals surface area contributed by atoms with Gasteiger partial charge in [-0.1, -0.05) is 43.3 Å². The molecule has 3 heteroatoms. The van der Waals surface area contributed by atoms with Crippen LogP contribution in [0.4, 0.5) is 0 Å². The summed E-state index contributed by atoms with van der Waals surface area (Å²) in [6, 6.07) is 17.4. The van der Waals surface area contributed by atoms with Crippen molar-refractivity contribution in [3.8, 4) is 5.75 Å². The number of Topliss-reactive ketones (excluding diaryl/α,β-unsaturated/α-hetero) is 1. The van der Waals surface area contributed by atoms with Crippen LogP contribution in [0.3, 0.4) is 0 Å². The first-order valence-corrected chi connectivity index (χ1v) is 11.1. The van der Waals surface area contributed by atoms with Gasteiger partial charge < -0.3 is 9.64 Å². The molecule has 2 aromatic rings. The number of rotatable bonds is 5. The monoisotopic (exact) mass is 391 g/mol. The number of carbonyl (C=O) groups is 1. The number of carbonyl (C=O) groups excluding carboxylic acids is 1. The first-order chi connectivity index (χ1) is 14.0. The largest absolute Gasteiger partial charge is 0.489 e. The summed E-state index contributed by atoms with van der Waals surface area (Å²) in [4.78, 5) is 15.1. The smallest absolute Gasteiger partial charge is 0.133 e. The van der Waals surface area contributed by atoms with Gasteiger partial charge in [-0.2, -0.15) is 0 Å². The Morgan fingerprint density at radius 2 is 1.97 bits per heavy atom. The summed E-state index contributed by atoms with van der Waals surface area (Å²) in [5.74, 6) is 1.86. The SMILES string of the molecule is CCc1ccc(OCc2ccccc2)cc1C12CCN(C)C(C)C1CCC(=O)C2. The highest BCUT2D eigenvalue weighted by atomic mass is 16.5. The molecule has 3 atom stereocenters. The fraction of sp³-hybridized carbons (Fsp3) is 0.500. The maximum absolute atomic E-state index is 12.6. The van der Waals surface area contributed by atoms with E-state index in [2.05, 4.69) is 56.1 Å². The van der Waals surface area contributed by atoms with Gasteiger partial charge in [-0.15, -0.1) is 0 Å². The number of aryl methyl sites for hydroxylation is 1. The van der Waals surface area contributed by atoms with Gasteiger partial charge >= 0.3 is 0 Å². The van der Waals surface area contributed by atoms with E-state index >= 15 is 0 Å². The van der Waals surface area contributed by atoms with Crippen molar-refractivity contribution in [3.05, 3.63) is 65.2 Å². The molecule has 3 unspecified atom stereocenters. The van der Waals surface area contributed by atoms with Crippen molar-refractivity contribution < 1.29 is 9.53 Å². The zero-order valence-corrected chi connectivity index (χ0v) is 18.0. The third-order valence-electron chi connectivity index (χ3n) is 7.39. The molecule has 0 spiro atoms. The quantitative estimate of drug-likeness (QED) is 0.705. The van der Waals surface area contributed by atoms with Crippen LogP contribution >= 0.6 is 0 Å². The second kappa shape index (κ2) is 8.31. The molecule has 0 aromatic heterocycles. The van der Waals surface area contributed by atoms with Crippen molar-refractivity contribution >= 4 is 5.78 Å². The number of ketones is 1. The molecular weight excluding hydrogens is 358 g/mol. The average molecular weight is 392 g/mol. The molecule has 2 aromatic carbocycles. The molecule has 1 heterocycles. The van der Waals surface area contributed by atoms with Gasteiger partial charge in [0.2, 0.25) is 0 Å². The van der Waals surface area contributed by atoms with E-state index in [4.69, 9.17) is 4.74 Å². The summed E-state index contributed by atoms with van der Waals surface area (Å²) >= 11 is 0. The number of likely N-dealkylation sites (tertiary alicyclic amines) is 1. The van der Waals surface area contributed by atoms with E-state index in [1.54, 1.807) is 0 Å². The van der Waals surface area contributed by atoms with Crippen LogP contribution in [0.25, 0.3) is 0 Å². The van der Waals surface area contributed by atoms with E-state index < -0.39 is 0 Å². The number of hydrogen-bond acceptors (Lipinski definition) is 3. The predicted molar refractivity (Wildman–Crippen MR) is 117 cm³/mol. The van der Waals surface area contributed by atoms with Crippen LogP contribution in [-0.4, -0.2) is 30.3 Å². The minimum Gasteiger partial charge on any atom is -0.489 e.